The first kappa shape index (κ1) is 34.7. The highest BCUT2D eigenvalue weighted by Crippen LogP contribution is 2.44. The van der Waals surface area contributed by atoms with Gasteiger partial charge in [0.25, 0.3) is 5.92 Å². The Labute approximate surface area is 246 Å². The fourth-order valence-electron chi connectivity index (χ4n) is 4.47. The number of β-amino-alcohol motifs (C(OH)–C–C–N with tert-alkyl or cyclic N) is 1. The Bertz CT molecular complexity index is 1370. The molecule has 1 fully saturated rings. The molecule has 1 heterocycles. The van der Waals surface area contributed by atoms with Crippen LogP contribution >= 0.6 is 0 Å². The van der Waals surface area contributed by atoms with E-state index < -0.39 is 89.9 Å². The van der Waals surface area contributed by atoms with Gasteiger partial charge in [0, 0.05) is 54.8 Å². The third-order valence-corrected chi connectivity index (χ3v) is 6.48. The molecule has 7 nitrogen and oxygen atoms in total. The van der Waals surface area contributed by atoms with Gasteiger partial charge in [-0.2, -0.15) is 26.3 Å². The second kappa shape index (κ2) is 13.5. The molecule has 0 spiro atoms. The van der Waals surface area contributed by atoms with E-state index >= 15 is 0 Å². The van der Waals surface area contributed by atoms with Gasteiger partial charge in [0.15, 0.2) is 5.75 Å². The summed E-state index contributed by atoms with van der Waals surface area (Å²) in [5.41, 5.74) is 0.464. The van der Waals surface area contributed by atoms with E-state index in [2.05, 4.69) is 4.99 Å². The van der Waals surface area contributed by atoms with Crippen molar-refractivity contribution >= 4 is 23.6 Å². The zero-order chi connectivity index (χ0) is 33.0. The number of amides is 1. The molecule has 3 N–H and O–H groups in total. The lowest BCUT2D eigenvalue weighted by Crippen LogP contribution is -2.39. The second-order valence-electron chi connectivity index (χ2n) is 10.3. The van der Waals surface area contributed by atoms with Gasteiger partial charge in [0.05, 0.1) is 30.3 Å². The number of hydrogen-bond donors (Lipinski definition) is 2. The summed E-state index contributed by atoms with van der Waals surface area (Å²) in [4.78, 5) is 19.2. The van der Waals surface area contributed by atoms with E-state index in [0.29, 0.717) is 12.3 Å². The first-order valence-electron chi connectivity index (χ1n) is 13.1. The van der Waals surface area contributed by atoms with Crippen LogP contribution in [0.3, 0.4) is 0 Å². The quantitative estimate of drug-likeness (QED) is 0.246. The highest BCUT2D eigenvalue weighted by Gasteiger charge is 2.42. The number of alkyl halides is 8. The molecule has 242 valence electrons. The van der Waals surface area contributed by atoms with Gasteiger partial charge in [-0.15, -0.1) is 0 Å². The normalized spacial score (nSPS) is 17.0. The van der Waals surface area contributed by atoms with Gasteiger partial charge in [0.2, 0.25) is 0 Å². The summed E-state index contributed by atoms with van der Waals surface area (Å²) in [6, 6.07) is 3.59. The molecule has 0 aromatic heterocycles. The molecular formula is C28H29F9N4O3. The zero-order valence-electron chi connectivity index (χ0n) is 23.4. The molecule has 44 heavy (non-hydrogen) atoms. The summed E-state index contributed by atoms with van der Waals surface area (Å²) in [6.45, 7) is 1.67. The molecule has 0 radical (unpaired) electrons. The molecule has 16 heteroatoms. The number of likely N-dealkylation sites (tertiary alicyclic amines) is 1. The van der Waals surface area contributed by atoms with E-state index in [9.17, 15) is 49.4 Å². The average Bonchev–Trinajstić information content (AvgIpc) is 3.24. The van der Waals surface area contributed by atoms with Crippen LogP contribution in [-0.4, -0.2) is 66.6 Å². The number of carbonyl (C=O) groups excluding carboxylic acids is 1. The molecule has 1 atom stereocenters. The summed E-state index contributed by atoms with van der Waals surface area (Å²) in [5, 5.41) is 10.2. The van der Waals surface area contributed by atoms with E-state index in [4.69, 9.17) is 10.5 Å². The molecule has 1 saturated heterocycles. The van der Waals surface area contributed by atoms with Gasteiger partial charge in [-0.3, -0.25) is 14.8 Å². The third-order valence-electron chi connectivity index (χ3n) is 6.48. The molecule has 0 aliphatic carbocycles. The monoisotopic (exact) mass is 640 g/mol. The van der Waals surface area contributed by atoms with Crippen LogP contribution in [-0.2, 0) is 12.4 Å². The highest BCUT2D eigenvalue weighted by atomic mass is 19.4. The lowest BCUT2D eigenvalue weighted by molar-refractivity contribution is -0.143. The Morgan fingerprint density at radius 3 is 2.27 bits per heavy atom. The zero-order valence-corrected chi connectivity index (χ0v) is 23.4. The van der Waals surface area contributed by atoms with Gasteiger partial charge in [0.1, 0.15) is 5.82 Å². The molecule has 0 saturated carbocycles. The van der Waals surface area contributed by atoms with E-state index in [0.717, 1.165) is 35.4 Å². The van der Waals surface area contributed by atoms with Crippen molar-refractivity contribution in [3.05, 3.63) is 65.1 Å². The van der Waals surface area contributed by atoms with Crippen molar-refractivity contribution in [3.63, 3.8) is 0 Å². The van der Waals surface area contributed by atoms with E-state index in [1.165, 1.54) is 18.7 Å². The molecule has 0 bridgehead atoms. The van der Waals surface area contributed by atoms with Crippen LogP contribution in [0.25, 0.3) is 5.57 Å². The van der Waals surface area contributed by atoms with Crippen LogP contribution < -0.4 is 15.4 Å². The molecule has 1 aliphatic heterocycles. The number of nitrogens with two attached hydrogens (primary N) is 1. The minimum atomic E-state index is -5.45. The first-order chi connectivity index (χ1) is 20.3. The predicted molar refractivity (Wildman–Crippen MR) is 144 cm³/mol. The Hall–Kier alpha value is -3.79. The summed E-state index contributed by atoms with van der Waals surface area (Å²) < 4.78 is 129. The number of nitrogens with zero attached hydrogens (tertiary/aromatic N) is 3. The fourth-order valence-corrected chi connectivity index (χ4v) is 4.47. The summed E-state index contributed by atoms with van der Waals surface area (Å²) in [6.07, 6.45) is -12.5. The van der Waals surface area contributed by atoms with Crippen molar-refractivity contribution in [2.75, 3.05) is 31.1 Å². The van der Waals surface area contributed by atoms with Crippen molar-refractivity contribution in [2.45, 2.75) is 50.7 Å². The Balaban J connectivity index is 2.03. The number of allylic oxidation sites excluding steroid dienone is 1. The van der Waals surface area contributed by atoms with Crippen LogP contribution in [0.5, 0.6) is 5.75 Å². The van der Waals surface area contributed by atoms with Crippen molar-refractivity contribution in [2.24, 2.45) is 10.7 Å². The minimum Gasteiger partial charge on any atom is -0.409 e. The summed E-state index contributed by atoms with van der Waals surface area (Å²) in [5.74, 6) is -4.91. The van der Waals surface area contributed by atoms with Crippen LogP contribution in [0.4, 0.5) is 50.0 Å². The van der Waals surface area contributed by atoms with Gasteiger partial charge in [-0.05, 0) is 50.2 Å². The number of aliphatic imine (C=N–C) groups is 1. The van der Waals surface area contributed by atoms with Gasteiger partial charge >= 0.3 is 18.4 Å². The van der Waals surface area contributed by atoms with Crippen LogP contribution in [0.1, 0.15) is 37.0 Å². The average molecular weight is 641 g/mol. The van der Waals surface area contributed by atoms with Crippen LogP contribution in [0.2, 0.25) is 0 Å². The maximum atomic E-state index is 14.2. The number of aliphatic hydroxyl groups excluding tert-OH is 1. The number of halogens is 9. The van der Waals surface area contributed by atoms with Crippen molar-refractivity contribution in [1.29, 1.82) is 0 Å². The molecule has 3 rings (SSSR count). The van der Waals surface area contributed by atoms with Crippen molar-refractivity contribution in [3.8, 4) is 5.75 Å². The number of hydrogen-bond acceptors (Lipinski definition) is 6. The number of anilines is 1. The Morgan fingerprint density at radius 1 is 1.14 bits per heavy atom. The second-order valence-corrected chi connectivity index (χ2v) is 10.3. The van der Waals surface area contributed by atoms with Gasteiger partial charge in [-0.1, -0.05) is 0 Å². The topological polar surface area (TPSA) is 91.4 Å². The fraction of sp³-hybridized carbons (Fsp3) is 0.429. The predicted octanol–water partition coefficient (Wildman–Crippen LogP) is 6.35. The van der Waals surface area contributed by atoms with E-state index in [-0.39, 0.29) is 24.8 Å². The van der Waals surface area contributed by atoms with Gasteiger partial charge < -0.3 is 15.6 Å². The van der Waals surface area contributed by atoms with Crippen LogP contribution in [0, 0.1) is 5.82 Å². The third kappa shape index (κ3) is 8.87. The van der Waals surface area contributed by atoms with Crippen molar-refractivity contribution in [1.82, 2.24) is 4.90 Å². The molecule has 2 aromatic carbocycles. The number of aliphatic hydroxyl groups is 1. The summed E-state index contributed by atoms with van der Waals surface area (Å²) in [7, 11) is 0. The standard InChI is InChI=1S/C28H29F9N4O3/c1-16(2)41(20-5-3-19(29)4-6-20)25(43)44-24-22(9-18(27(32,33)34)10-23(24)28(35,36)37)17(11-38)12-39-13-21(42)14-40-8-7-26(30,31)15-40/h3-6,9-12,16,21,42H,7-8,13-15,38H2,1-2H3/b17-11+,39-12?. The maximum Gasteiger partial charge on any atom is 0.420 e. The van der Waals surface area contributed by atoms with E-state index in [1.807, 2.05) is 0 Å². The molecule has 2 aromatic rings. The van der Waals surface area contributed by atoms with Crippen LogP contribution in [0.15, 0.2) is 47.6 Å². The maximum absolute atomic E-state index is 14.2. The largest absolute Gasteiger partial charge is 0.420 e. The Morgan fingerprint density at radius 2 is 1.77 bits per heavy atom. The SMILES string of the molecule is CC(C)N(C(=O)Oc1c(/C(C=NCC(O)CN2CCC(F)(F)C2)=C/N)cc(C(F)(F)F)cc1C(F)(F)F)c1ccc(F)cc1. The molecule has 1 amide bonds. The smallest absolute Gasteiger partial charge is 0.409 e. The molecular weight excluding hydrogens is 611 g/mol. The number of carbonyl (C=O) groups is 1. The highest BCUT2D eigenvalue weighted by molar-refractivity contribution is 6.11. The number of rotatable bonds is 9. The van der Waals surface area contributed by atoms with Gasteiger partial charge in [-0.25, -0.2) is 18.0 Å². The lowest BCUT2D eigenvalue weighted by atomic mass is 9.98. The van der Waals surface area contributed by atoms with Crippen molar-refractivity contribution < 1.29 is 54.2 Å². The summed E-state index contributed by atoms with van der Waals surface area (Å²) >= 11 is 0. The lowest BCUT2D eigenvalue weighted by Gasteiger charge is -2.27. The first-order valence-corrected chi connectivity index (χ1v) is 13.1. The minimum absolute atomic E-state index is 0.00618. The van der Waals surface area contributed by atoms with E-state index in [1.54, 1.807) is 0 Å². The number of ether oxygens (including phenoxy) is 1. The number of benzene rings is 2. The molecule has 1 aliphatic rings. The molecule has 1 unspecified atom stereocenters. The Kier molecular flexibility index (Phi) is 10.6.